The average Bonchev–Trinajstić information content (AvgIpc) is 1.70. The summed E-state index contributed by atoms with van der Waals surface area (Å²) in [6.45, 7) is 17.0. The van der Waals surface area contributed by atoms with Gasteiger partial charge in [0.2, 0.25) is 4.91 Å². The molecule has 0 amide bonds. The zero-order valence-electron chi connectivity index (χ0n) is 59.1. The third-order valence-electron chi connectivity index (χ3n) is 14.3. The zero-order valence-corrected chi connectivity index (χ0v) is 59.9. The van der Waals surface area contributed by atoms with Gasteiger partial charge >= 0.3 is 36.8 Å². The van der Waals surface area contributed by atoms with E-state index in [2.05, 4.69) is 66.2 Å². The third kappa shape index (κ3) is 32.4. The van der Waals surface area contributed by atoms with Gasteiger partial charge in [0.05, 0.1) is 71.2 Å². The number of aromatic carboxylic acids is 1. The van der Waals surface area contributed by atoms with Crippen LogP contribution < -0.4 is 34.8 Å². The van der Waals surface area contributed by atoms with Crippen LogP contribution in [0.4, 0.5) is 37.7 Å². The van der Waals surface area contributed by atoms with Crippen molar-refractivity contribution in [3.8, 4) is 22.7 Å². The Balaban J connectivity index is 0.00000125. The molecule has 2 aliphatic rings. The molecule has 4 aromatic heterocycles. The Morgan fingerprint density at radius 1 is 0.523 bits per heavy atom. The largest absolute Gasteiger partial charge is 1.00 e. The number of nitrogen functional groups attached to an aromatic ring is 1. The van der Waals surface area contributed by atoms with Gasteiger partial charge in [-0.2, -0.15) is 0 Å². The molecule has 0 spiro atoms. The Morgan fingerprint density at radius 3 is 1.15 bits per heavy atom. The van der Waals surface area contributed by atoms with E-state index < -0.39 is 17.9 Å². The van der Waals surface area contributed by atoms with Crippen molar-refractivity contribution < 1.29 is 94.0 Å². The minimum absolute atomic E-state index is 0. The van der Waals surface area contributed by atoms with Crippen molar-refractivity contribution in [3.63, 3.8) is 0 Å². The summed E-state index contributed by atoms with van der Waals surface area (Å²) < 4.78 is 90.7. The number of benzene rings is 6. The van der Waals surface area contributed by atoms with Gasteiger partial charge in [-0.25, -0.2) is 54.7 Å². The maximum Gasteiger partial charge on any atom is 1.00 e. The van der Waals surface area contributed by atoms with Gasteiger partial charge in [0, 0.05) is 5.69 Å². The minimum Gasteiger partial charge on any atom is -0.870 e. The molecular weight excluding hydrogens is 1450 g/mol. The SMILES string of the molecule is C.C.C.C1CCNC1.CCOC(=O)CC(C)=O.CCOC(=O)c1nnn(-c2ccc(F)cc2)c1C.Cc1c(C(=O)CCl)nnn1-c1ccc(F)cc1.Cc1c(C(=O)CN2CCCC2)nnn1-c1ccc(F)cc1.Cc1c(C(=O)O)nnn1-c1ccc(F)cc1.N=[N+]=Nc1ccc(F)cc1.Nc1ccc(F)cc1.[Li+].[OH-]. The number of carboxylic acids is 1. The number of carbonyl (C=O) groups is 6. The first-order valence-corrected chi connectivity index (χ1v) is 32.5. The van der Waals surface area contributed by atoms with Crippen LogP contribution in [0.1, 0.15) is 140 Å². The summed E-state index contributed by atoms with van der Waals surface area (Å²) in [6, 6.07) is 34.2. The molecule has 6 heterocycles. The van der Waals surface area contributed by atoms with E-state index in [1.807, 2.05) is 0 Å². The Morgan fingerprint density at radius 2 is 0.844 bits per heavy atom. The summed E-state index contributed by atoms with van der Waals surface area (Å²) >= 11 is 5.46. The molecule has 2 fully saturated rings. The standard InChI is InChI=1S/C15H17FN4O.C12H12FN3O2.C11H9ClFN3O.C10H8FN3O2.C6H5FN3.C6H6FN.C6H10O3.C4H9N.3CH4.Li.H2O/c1-11-15(14(21)10-19-8-2-3-9-19)17-18-20(11)13-6-4-12(16)5-7-13;1-3-18-12(17)11-8(2)16(15-14-11)10-6-4-9(13)5-7-10;1-7-11(10(17)6-12)14-15-16(7)9-4-2-8(13)3-5-9;1-6-9(10(15)16)12-13-14(6)8-4-2-7(11)3-5-8;7-5-1-3-6(4-2-5)9-10-8;7-5-1-3-6(8)4-2-5;1-3-9-6(8)4-5(2)7;1-2-4-5-3-1;;;;;/h4-7H,2-3,8-10H2,1H3;4-7H,3H2,1-2H3;2-5H,6H2,1H3;2-5H,1H3,(H,15,16);1-4,8H;1-4H,8H2;3-4H2,1-2H3;5H,1-4H2;3*1H4;;1H2/q;;;;+1;;;;;;;+1;/p-1. The summed E-state index contributed by atoms with van der Waals surface area (Å²) in [6.07, 6.45) is 4.97. The maximum atomic E-state index is 13.0. The Bertz CT molecular complexity index is 4420. The number of aromatic nitrogens is 12. The van der Waals surface area contributed by atoms with Crippen LogP contribution >= 0.6 is 11.6 Å². The number of likely N-dealkylation sites (tertiary alicyclic amines) is 1. The predicted molar refractivity (Wildman–Crippen MR) is 393 cm³/mol. The molecule has 0 atom stereocenters. The van der Waals surface area contributed by atoms with Gasteiger partial charge in [-0.1, -0.05) is 43.1 Å². The van der Waals surface area contributed by atoms with Gasteiger partial charge in [-0.05, 0) is 246 Å². The van der Waals surface area contributed by atoms with Crippen LogP contribution in [0.2, 0.25) is 0 Å². The van der Waals surface area contributed by atoms with E-state index in [-0.39, 0.29) is 135 Å². The zero-order chi connectivity index (χ0) is 76.3. The van der Waals surface area contributed by atoms with E-state index in [1.54, 1.807) is 82.6 Å². The van der Waals surface area contributed by atoms with Gasteiger partial charge < -0.3 is 31.1 Å². The fourth-order valence-electron chi connectivity index (χ4n) is 9.08. The molecule has 36 heteroatoms. The summed E-state index contributed by atoms with van der Waals surface area (Å²) in [5.41, 5.74) is 18.2. The van der Waals surface area contributed by atoms with Crippen molar-refractivity contribution in [2.75, 3.05) is 57.6 Å². The molecule has 0 saturated carbocycles. The first-order chi connectivity index (χ1) is 49.8. The number of nitrogens with two attached hydrogens (primary N) is 1. The van der Waals surface area contributed by atoms with Gasteiger partial charge in [0.25, 0.3) is 0 Å². The van der Waals surface area contributed by atoms with Gasteiger partial charge in [0.15, 0.2) is 45.1 Å². The molecular formula is C73H89ClF6LiN18O10+. The molecule has 0 bridgehead atoms. The van der Waals surface area contributed by atoms with Crippen molar-refractivity contribution in [2.45, 2.75) is 103 Å². The van der Waals surface area contributed by atoms with E-state index in [0.29, 0.717) is 75.7 Å². The molecule has 6 N–H and O–H groups in total. The van der Waals surface area contributed by atoms with Crippen molar-refractivity contribution in [2.24, 2.45) is 5.11 Å². The number of anilines is 1. The average molecular weight is 1540 g/mol. The number of hydrogen-bond donors (Lipinski definition) is 4. The quantitative estimate of drug-likeness (QED) is 0.00803. The topological polar surface area (TPSA) is 386 Å². The van der Waals surface area contributed by atoms with E-state index in [1.165, 1.54) is 156 Å². The molecule has 109 heavy (non-hydrogen) atoms. The van der Waals surface area contributed by atoms with E-state index in [0.717, 1.165) is 25.9 Å². The second-order valence-corrected chi connectivity index (χ2v) is 22.3. The van der Waals surface area contributed by atoms with Crippen molar-refractivity contribution in [1.82, 2.24) is 75.1 Å². The smallest absolute Gasteiger partial charge is 0.870 e. The number of alkyl halides is 1. The number of Topliss-reactive ketones (excluding diaryl/α,β-unsaturated/α-hetero) is 3. The van der Waals surface area contributed by atoms with Crippen LogP contribution in [0.5, 0.6) is 0 Å². The number of esters is 2. The predicted octanol–water partition coefficient (Wildman–Crippen LogP) is 10.5. The van der Waals surface area contributed by atoms with Crippen molar-refractivity contribution in [3.05, 3.63) is 226 Å². The Hall–Kier alpha value is -11.2. The number of rotatable bonds is 16. The Kier molecular flexibility index (Phi) is 45.8. The van der Waals surface area contributed by atoms with Crippen molar-refractivity contribution in [1.29, 1.82) is 5.53 Å². The summed E-state index contributed by atoms with van der Waals surface area (Å²) in [7, 11) is 0. The maximum absolute atomic E-state index is 13.0. The van der Waals surface area contributed by atoms with E-state index in [4.69, 9.17) is 32.7 Å². The number of halogens is 7. The molecule has 28 nitrogen and oxygen atoms in total. The number of nitrogens with one attached hydrogen (secondary N) is 2. The van der Waals surface area contributed by atoms with Crippen LogP contribution in [-0.2, 0) is 19.1 Å². The number of carboxylic acid groups (broad SMARTS) is 1. The first kappa shape index (κ1) is 97.8. The molecule has 0 radical (unpaired) electrons. The molecule has 6 aromatic carbocycles. The number of ketones is 3. The number of carbonyl (C=O) groups excluding carboxylic acids is 5. The molecule has 12 rings (SSSR count). The number of nitrogens with zero attached hydrogens (tertiary/aromatic N) is 15. The fourth-order valence-corrected chi connectivity index (χ4v) is 9.20. The van der Waals surface area contributed by atoms with Crippen molar-refractivity contribution >= 4 is 58.2 Å². The summed E-state index contributed by atoms with van der Waals surface area (Å²) in [4.78, 5) is 71.6. The van der Waals surface area contributed by atoms with Crippen LogP contribution in [0, 0.1) is 68.1 Å². The molecule has 10 aromatic rings. The first-order valence-electron chi connectivity index (χ1n) is 32.0. The van der Waals surface area contributed by atoms with E-state index >= 15 is 0 Å². The molecule has 2 aliphatic heterocycles. The normalized spacial score (nSPS) is 11.1. The molecule has 2 saturated heterocycles. The monoisotopic (exact) mass is 1530 g/mol. The summed E-state index contributed by atoms with van der Waals surface area (Å²) in [5, 5.41) is 45.9. The number of hydrogen-bond acceptors (Lipinski definition) is 22. The van der Waals surface area contributed by atoms with E-state index in [9.17, 15) is 55.1 Å². The van der Waals surface area contributed by atoms with Gasteiger partial charge in [-0.3, -0.25) is 24.1 Å². The van der Waals surface area contributed by atoms with Crippen LogP contribution in [0.15, 0.2) is 151 Å². The molecule has 0 aliphatic carbocycles. The minimum atomic E-state index is -1.13. The molecule has 580 valence electrons. The number of ether oxygens (including phenoxy) is 2. The summed E-state index contributed by atoms with van der Waals surface area (Å²) in [5.74, 6) is -4.56. The van der Waals surface area contributed by atoms with Crippen LogP contribution in [0.3, 0.4) is 0 Å². The Labute approximate surface area is 644 Å². The van der Waals surface area contributed by atoms with Crippen LogP contribution in [0.25, 0.3) is 22.7 Å². The van der Waals surface area contributed by atoms with Gasteiger partial charge in [0.1, 0.15) is 52.6 Å². The second-order valence-electron chi connectivity index (χ2n) is 22.0. The van der Waals surface area contributed by atoms with Crippen LogP contribution in [-0.4, -0.2) is 163 Å². The molecule has 0 unspecified atom stereocenters. The van der Waals surface area contributed by atoms with Gasteiger partial charge in [-0.15, -0.1) is 32.0 Å². The third-order valence-corrected chi connectivity index (χ3v) is 14.5. The second kappa shape index (κ2) is 51.1. The fraction of sp³-hybridized carbons (Fsp3) is 0.315.